The lowest BCUT2D eigenvalue weighted by atomic mass is 10.1. The number of anilines is 1. The van der Waals surface area contributed by atoms with Crippen LogP contribution in [0.4, 0.5) is 5.82 Å². The molecule has 5 nitrogen and oxygen atoms in total. The molecule has 1 atom stereocenters. The smallest absolute Gasteiger partial charge is 0.164 e. The second-order valence-corrected chi connectivity index (χ2v) is 5.58. The molecule has 5 heteroatoms. The Hall–Kier alpha value is -1.75. The summed E-state index contributed by atoms with van der Waals surface area (Å²) in [5.74, 6) is 0.807. The standard InChI is InChI=1S/C14H20N4O/c1-9(19-5)11-7-6-10-12(17-11)15-8-16-13(10)18-14(2,3)4/h6-9H,1-5H3,(H,15,16,17,18). The number of methoxy groups -OCH3 is 1. The van der Waals surface area contributed by atoms with Crippen molar-refractivity contribution < 1.29 is 4.74 Å². The zero-order chi connectivity index (χ0) is 14.0. The molecule has 2 aromatic heterocycles. The lowest BCUT2D eigenvalue weighted by Crippen LogP contribution is -2.26. The van der Waals surface area contributed by atoms with Gasteiger partial charge in [0.1, 0.15) is 12.1 Å². The Labute approximate surface area is 113 Å². The fourth-order valence-corrected chi connectivity index (χ4v) is 1.76. The first-order valence-corrected chi connectivity index (χ1v) is 6.33. The zero-order valence-corrected chi connectivity index (χ0v) is 12.1. The van der Waals surface area contributed by atoms with Gasteiger partial charge in [0, 0.05) is 12.6 Å². The van der Waals surface area contributed by atoms with Crippen LogP contribution in [-0.4, -0.2) is 27.6 Å². The molecular formula is C14H20N4O. The Balaban J connectivity index is 2.46. The highest BCUT2D eigenvalue weighted by molar-refractivity contribution is 5.86. The molecule has 102 valence electrons. The SMILES string of the molecule is COC(C)c1ccc2c(NC(C)(C)C)ncnc2n1. The Bertz CT molecular complexity index is 577. The highest BCUT2D eigenvalue weighted by atomic mass is 16.5. The summed E-state index contributed by atoms with van der Waals surface area (Å²) in [5, 5.41) is 4.29. The molecule has 0 aromatic carbocycles. The summed E-state index contributed by atoms with van der Waals surface area (Å²) in [5.41, 5.74) is 1.50. The number of hydrogen-bond acceptors (Lipinski definition) is 5. The zero-order valence-electron chi connectivity index (χ0n) is 12.1. The third-order valence-electron chi connectivity index (χ3n) is 2.78. The first kappa shape index (κ1) is 13.7. The molecule has 0 saturated heterocycles. The first-order valence-electron chi connectivity index (χ1n) is 6.33. The summed E-state index contributed by atoms with van der Waals surface area (Å²) in [7, 11) is 1.67. The minimum atomic E-state index is -0.0558. The molecule has 19 heavy (non-hydrogen) atoms. The Kier molecular flexibility index (Phi) is 3.66. The van der Waals surface area contributed by atoms with E-state index in [1.807, 2.05) is 19.1 Å². The van der Waals surface area contributed by atoms with Crippen LogP contribution in [0.1, 0.15) is 39.5 Å². The predicted octanol–water partition coefficient (Wildman–Crippen LogP) is 2.94. The summed E-state index contributed by atoms with van der Waals surface area (Å²) < 4.78 is 5.27. The summed E-state index contributed by atoms with van der Waals surface area (Å²) in [6.07, 6.45) is 1.49. The van der Waals surface area contributed by atoms with E-state index in [1.54, 1.807) is 7.11 Å². The summed E-state index contributed by atoms with van der Waals surface area (Å²) in [6, 6.07) is 3.94. The summed E-state index contributed by atoms with van der Waals surface area (Å²) in [4.78, 5) is 13.0. The van der Waals surface area contributed by atoms with Crippen LogP contribution in [0.5, 0.6) is 0 Å². The molecule has 0 amide bonds. The average molecular weight is 260 g/mol. The minimum absolute atomic E-state index is 0.0432. The van der Waals surface area contributed by atoms with Crippen LogP contribution in [0.25, 0.3) is 11.0 Å². The molecule has 1 unspecified atom stereocenters. The summed E-state index contributed by atoms with van der Waals surface area (Å²) >= 11 is 0. The lowest BCUT2D eigenvalue weighted by Gasteiger charge is -2.22. The topological polar surface area (TPSA) is 59.9 Å². The highest BCUT2D eigenvalue weighted by Gasteiger charge is 2.14. The van der Waals surface area contributed by atoms with E-state index in [2.05, 4.69) is 41.0 Å². The van der Waals surface area contributed by atoms with E-state index in [0.717, 1.165) is 16.9 Å². The van der Waals surface area contributed by atoms with E-state index >= 15 is 0 Å². The van der Waals surface area contributed by atoms with E-state index in [9.17, 15) is 0 Å². The molecule has 0 bridgehead atoms. The van der Waals surface area contributed by atoms with Gasteiger partial charge in [0.05, 0.1) is 17.2 Å². The summed E-state index contributed by atoms with van der Waals surface area (Å²) in [6.45, 7) is 8.24. The van der Waals surface area contributed by atoms with Crippen molar-refractivity contribution in [1.82, 2.24) is 15.0 Å². The number of nitrogens with one attached hydrogen (secondary N) is 1. The van der Waals surface area contributed by atoms with Crippen molar-refractivity contribution in [2.75, 3.05) is 12.4 Å². The maximum absolute atomic E-state index is 5.27. The van der Waals surface area contributed by atoms with Gasteiger partial charge in [0.15, 0.2) is 5.65 Å². The molecule has 0 radical (unpaired) electrons. The fourth-order valence-electron chi connectivity index (χ4n) is 1.76. The number of nitrogens with zero attached hydrogens (tertiary/aromatic N) is 3. The monoisotopic (exact) mass is 260 g/mol. The molecule has 2 rings (SSSR count). The number of fused-ring (bicyclic) bond motifs is 1. The number of ether oxygens (including phenoxy) is 1. The Morgan fingerprint density at radius 1 is 1.21 bits per heavy atom. The van der Waals surface area contributed by atoms with Gasteiger partial charge >= 0.3 is 0 Å². The third kappa shape index (κ3) is 3.17. The Morgan fingerprint density at radius 2 is 1.95 bits per heavy atom. The lowest BCUT2D eigenvalue weighted by molar-refractivity contribution is 0.116. The van der Waals surface area contributed by atoms with Crippen molar-refractivity contribution in [3.63, 3.8) is 0 Å². The molecular weight excluding hydrogens is 240 g/mol. The van der Waals surface area contributed by atoms with Crippen LogP contribution in [0.2, 0.25) is 0 Å². The first-order chi connectivity index (χ1) is 8.90. The second-order valence-electron chi connectivity index (χ2n) is 5.58. The largest absolute Gasteiger partial charge is 0.375 e. The highest BCUT2D eigenvalue weighted by Crippen LogP contribution is 2.23. The number of rotatable bonds is 3. The van der Waals surface area contributed by atoms with Crippen LogP contribution < -0.4 is 5.32 Å². The van der Waals surface area contributed by atoms with Gasteiger partial charge in [-0.2, -0.15) is 0 Å². The normalized spacial score (nSPS) is 13.5. The fraction of sp³-hybridized carbons (Fsp3) is 0.500. The molecule has 0 saturated carbocycles. The van der Waals surface area contributed by atoms with Crippen LogP contribution in [0.15, 0.2) is 18.5 Å². The van der Waals surface area contributed by atoms with Gasteiger partial charge in [-0.3, -0.25) is 0 Å². The number of pyridine rings is 1. The van der Waals surface area contributed by atoms with Crippen LogP contribution >= 0.6 is 0 Å². The van der Waals surface area contributed by atoms with Crippen molar-refractivity contribution >= 4 is 16.9 Å². The van der Waals surface area contributed by atoms with Gasteiger partial charge < -0.3 is 10.1 Å². The van der Waals surface area contributed by atoms with Crippen molar-refractivity contribution in [3.8, 4) is 0 Å². The molecule has 0 spiro atoms. The molecule has 1 N–H and O–H groups in total. The van der Waals surface area contributed by atoms with Crippen molar-refractivity contribution in [2.45, 2.75) is 39.3 Å². The van der Waals surface area contributed by atoms with Gasteiger partial charge in [-0.05, 0) is 39.8 Å². The molecule has 0 aliphatic carbocycles. The third-order valence-corrected chi connectivity index (χ3v) is 2.78. The molecule has 2 heterocycles. The van der Waals surface area contributed by atoms with Gasteiger partial charge in [-0.25, -0.2) is 15.0 Å². The van der Waals surface area contributed by atoms with E-state index in [0.29, 0.717) is 5.65 Å². The van der Waals surface area contributed by atoms with Crippen LogP contribution in [0.3, 0.4) is 0 Å². The van der Waals surface area contributed by atoms with E-state index in [4.69, 9.17) is 4.74 Å². The molecule has 2 aromatic rings. The second kappa shape index (κ2) is 5.09. The average Bonchev–Trinajstić information content (AvgIpc) is 2.35. The number of aromatic nitrogens is 3. The van der Waals surface area contributed by atoms with Crippen molar-refractivity contribution in [1.29, 1.82) is 0 Å². The minimum Gasteiger partial charge on any atom is -0.375 e. The Morgan fingerprint density at radius 3 is 2.58 bits per heavy atom. The molecule has 0 aliphatic rings. The molecule has 0 aliphatic heterocycles. The predicted molar refractivity (Wildman–Crippen MR) is 76.1 cm³/mol. The van der Waals surface area contributed by atoms with Gasteiger partial charge in [0.25, 0.3) is 0 Å². The van der Waals surface area contributed by atoms with E-state index in [1.165, 1.54) is 6.33 Å². The molecule has 0 fully saturated rings. The number of hydrogen-bond donors (Lipinski definition) is 1. The van der Waals surface area contributed by atoms with Crippen LogP contribution in [0, 0.1) is 0 Å². The van der Waals surface area contributed by atoms with Gasteiger partial charge in [-0.1, -0.05) is 0 Å². The van der Waals surface area contributed by atoms with E-state index in [-0.39, 0.29) is 11.6 Å². The van der Waals surface area contributed by atoms with Gasteiger partial charge in [-0.15, -0.1) is 0 Å². The maximum atomic E-state index is 5.27. The van der Waals surface area contributed by atoms with Crippen molar-refractivity contribution in [3.05, 3.63) is 24.2 Å². The maximum Gasteiger partial charge on any atom is 0.164 e. The van der Waals surface area contributed by atoms with E-state index < -0.39 is 0 Å². The van der Waals surface area contributed by atoms with Crippen molar-refractivity contribution in [2.24, 2.45) is 0 Å². The van der Waals surface area contributed by atoms with Gasteiger partial charge in [0.2, 0.25) is 0 Å². The quantitative estimate of drug-likeness (QED) is 0.919. The van der Waals surface area contributed by atoms with Crippen LogP contribution in [-0.2, 0) is 4.74 Å².